The molecule has 0 atom stereocenters. The Hall–Kier alpha value is -1.71. The van der Waals surface area contributed by atoms with E-state index in [9.17, 15) is 4.79 Å². The molecule has 4 heteroatoms. The van der Waals surface area contributed by atoms with Crippen LogP contribution in [0.5, 0.6) is 17.2 Å². The average Bonchev–Trinajstić information content (AvgIpc) is 2.87. The Morgan fingerprint density at radius 1 is 0.514 bits per heavy atom. The van der Waals surface area contributed by atoms with Crippen LogP contribution in [0.25, 0.3) is 0 Å². The zero-order chi connectivity index (χ0) is 25.4. The maximum absolute atomic E-state index is 11.8. The molecule has 35 heavy (non-hydrogen) atoms. The third-order valence-electron chi connectivity index (χ3n) is 6.48. The summed E-state index contributed by atoms with van der Waals surface area (Å²) in [6.07, 6.45) is 22.7. The first kappa shape index (κ1) is 31.3. The number of hydrogen-bond acceptors (Lipinski definition) is 4. The van der Waals surface area contributed by atoms with E-state index in [1.54, 1.807) is 6.07 Å². The van der Waals surface area contributed by atoms with Crippen molar-refractivity contribution >= 4 is 6.29 Å². The van der Waals surface area contributed by atoms with Crippen LogP contribution < -0.4 is 14.2 Å². The van der Waals surface area contributed by atoms with Gasteiger partial charge in [-0.05, 0) is 31.4 Å². The molecule has 0 aliphatic heterocycles. The van der Waals surface area contributed by atoms with Gasteiger partial charge in [0.2, 0.25) is 5.75 Å². The van der Waals surface area contributed by atoms with Gasteiger partial charge in [0.15, 0.2) is 17.8 Å². The van der Waals surface area contributed by atoms with Crippen LogP contribution in [0.1, 0.15) is 147 Å². The van der Waals surface area contributed by atoms with Crippen LogP contribution in [0, 0.1) is 0 Å². The molecule has 0 heterocycles. The van der Waals surface area contributed by atoms with E-state index in [1.807, 2.05) is 6.07 Å². The van der Waals surface area contributed by atoms with Crippen molar-refractivity contribution in [1.29, 1.82) is 0 Å². The van der Waals surface area contributed by atoms with Crippen molar-refractivity contribution in [3.8, 4) is 17.2 Å². The molecule has 0 fully saturated rings. The largest absolute Gasteiger partial charge is 0.490 e. The van der Waals surface area contributed by atoms with E-state index in [0.29, 0.717) is 42.6 Å². The molecule has 0 amide bonds. The summed E-state index contributed by atoms with van der Waals surface area (Å²) in [6.45, 7) is 8.60. The quantitative estimate of drug-likeness (QED) is 0.101. The van der Waals surface area contributed by atoms with E-state index < -0.39 is 0 Å². The van der Waals surface area contributed by atoms with Crippen molar-refractivity contribution in [2.75, 3.05) is 19.8 Å². The summed E-state index contributed by atoms with van der Waals surface area (Å²) < 4.78 is 18.5. The highest BCUT2D eigenvalue weighted by molar-refractivity contribution is 5.82. The molecule has 0 radical (unpaired) electrons. The number of rotatable bonds is 25. The second-order valence-corrected chi connectivity index (χ2v) is 9.78. The van der Waals surface area contributed by atoms with Crippen LogP contribution in [-0.2, 0) is 0 Å². The maximum Gasteiger partial charge on any atom is 0.204 e. The fourth-order valence-electron chi connectivity index (χ4n) is 4.23. The highest BCUT2D eigenvalue weighted by Gasteiger charge is 2.18. The lowest BCUT2D eigenvalue weighted by atomic mass is 10.1. The highest BCUT2D eigenvalue weighted by Crippen LogP contribution is 2.40. The average molecular weight is 491 g/mol. The Morgan fingerprint density at radius 2 is 0.914 bits per heavy atom. The Kier molecular flexibility index (Phi) is 20.3. The summed E-state index contributed by atoms with van der Waals surface area (Å²) in [5, 5.41) is 0. The van der Waals surface area contributed by atoms with E-state index >= 15 is 0 Å². The molecule has 0 unspecified atom stereocenters. The zero-order valence-corrected chi connectivity index (χ0v) is 23.2. The minimum atomic E-state index is 0.542. The van der Waals surface area contributed by atoms with Crippen molar-refractivity contribution in [1.82, 2.24) is 0 Å². The summed E-state index contributed by atoms with van der Waals surface area (Å²) in [6, 6.07) is 3.67. The van der Waals surface area contributed by atoms with Gasteiger partial charge in [-0.15, -0.1) is 0 Å². The van der Waals surface area contributed by atoms with E-state index in [0.717, 1.165) is 38.4 Å². The highest BCUT2D eigenvalue weighted by atomic mass is 16.5. The van der Waals surface area contributed by atoms with Gasteiger partial charge in [-0.2, -0.15) is 0 Å². The Bertz CT molecular complexity index is 629. The smallest absolute Gasteiger partial charge is 0.204 e. The van der Waals surface area contributed by atoms with Crippen molar-refractivity contribution in [2.45, 2.75) is 136 Å². The number of benzene rings is 1. The van der Waals surface area contributed by atoms with Gasteiger partial charge in [-0.25, -0.2) is 0 Å². The minimum absolute atomic E-state index is 0.542. The van der Waals surface area contributed by atoms with E-state index in [4.69, 9.17) is 14.2 Å². The third kappa shape index (κ3) is 15.1. The third-order valence-corrected chi connectivity index (χ3v) is 6.48. The molecular weight excluding hydrogens is 436 g/mol. The van der Waals surface area contributed by atoms with Gasteiger partial charge < -0.3 is 14.2 Å². The number of carbonyl (C=O) groups excluding carboxylic acids is 1. The maximum atomic E-state index is 11.8. The molecule has 202 valence electrons. The van der Waals surface area contributed by atoms with E-state index in [-0.39, 0.29) is 0 Å². The molecule has 0 saturated carbocycles. The van der Waals surface area contributed by atoms with Gasteiger partial charge in [0.05, 0.1) is 25.4 Å². The van der Waals surface area contributed by atoms with Crippen molar-refractivity contribution in [2.24, 2.45) is 0 Å². The number of carbonyl (C=O) groups is 1. The van der Waals surface area contributed by atoms with Gasteiger partial charge in [0.25, 0.3) is 0 Å². The molecule has 0 spiro atoms. The fraction of sp³-hybridized carbons (Fsp3) is 0.774. The lowest BCUT2D eigenvalue weighted by Crippen LogP contribution is -2.08. The summed E-state index contributed by atoms with van der Waals surface area (Å²) in [4.78, 5) is 11.8. The lowest BCUT2D eigenvalue weighted by molar-refractivity contribution is 0.111. The molecule has 0 bridgehead atoms. The first-order valence-electron chi connectivity index (χ1n) is 14.8. The first-order valence-corrected chi connectivity index (χ1v) is 14.8. The minimum Gasteiger partial charge on any atom is -0.490 e. The SMILES string of the molecule is CCCCCCCCOc1ccc(C=O)c(OCCCCCCCC)c1OCCCCCCCC. The molecule has 1 aromatic rings. The molecule has 0 saturated heterocycles. The Labute approximate surface area is 216 Å². The molecule has 4 nitrogen and oxygen atoms in total. The summed E-state index contributed by atoms with van der Waals surface area (Å²) in [7, 11) is 0. The topological polar surface area (TPSA) is 44.8 Å². The summed E-state index contributed by atoms with van der Waals surface area (Å²) in [5.41, 5.74) is 0.542. The lowest BCUT2D eigenvalue weighted by Gasteiger charge is -2.18. The molecule has 0 N–H and O–H groups in total. The van der Waals surface area contributed by atoms with Gasteiger partial charge >= 0.3 is 0 Å². The number of hydrogen-bond donors (Lipinski definition) is 0. The predicted molar refractivity (Wildman–Crippen MR) is 148 cm³/mol. The molecule has 0 aliphatic carbocycles. The molecule has 1 rings (SSSR count). The van der Waals surface area contributed by atoms with Crippen LogP contribution in [0.3, 0.4) is 0 Å². The number of ether oxygens (including phenoxy) is 3. The summed E-state index contributed by atoms with van der Waals surface area (Å²) in [5.74, 6) is 1.87. The standard InChI is InChI=1S/C31H54O4/c1-4-7-10-13-16-19-24-33-29-23-22-28(27-32)30(34-25-20-17-14-11-8-5-2)31(29)35-26-21-18-15-12-9-6-3/h22-23,27H,4-21,24-26H2,1-3H3. The second kappa shape index (κ2) is 22.7. The van der Waals surface area contributed by atoms with Crippen LogP contribution >= 0.6 is 0 Å². The van der Waals surface area contributed by atoms with Gasteiger partial charge in [-0.1, -0.05) is 117 Å². The molecule has 1 aromatic carbocycles. The van der Waals surface area contributed by atoms with E-state index in [1.165, 1.54) is 83.5 Å². The molecular formula is C31H54O4. The van der Waals surface area contributed by atoms with Crippen LogP contribution in [0.2, 0.25) is 0 Å². The Morgan fingerprint density at radius 3 is 1.37 bits per heavy atom. The van der Waals surface area contributed by atoms with E-state index in [2.05, 4.69) is 20.8 Å². The second-order valence-electron chi connectivity index (χ2n) is 9.78. The van der Waals surface area contributed by atoms with Gasteiger partial charge in [-0.3, -0.25) is 4.79 Å². The Balaban J connectivity index is 2.71. The number of aldehydes is 1. The monoisotopic (exact) mass is 490 g/mol. The van der Waals surface area contributed by atoms with Crippen LogP contribution in [-0.4, -0.2) is 26.1 Å². The van der Waals surface area contributed by atoms with Gasteiger partial charge in [0.1, 0.15) is 0 Å². The summed E-state index contributed by atoms with van der Waals surface area (Å²) >= 11 is 0. The van der Waals surface area contributed by atoms with Crippen molar-refractivity contribution in [3.05, 3.63) is 17.7 Å². The number of unbranched alkanes of at least 4 members (excludes halogenated alkanes) is 15. The fourth-order valence-corrected chi connectivity index (χ4v) is 4.23. The van der Waals surface area contributed by atoms with Crippen molar-refractivity contribution in [3.63, 3.8) is 0 Å². The normalized spacial score (nSPS) is 10.9. The van der Waals surface area contributed by atoms with Crippen LogP contribution in [0.15, 0.2) is 12.1 Å². The molecule has 0 aliphatic rings. The zero-order valence-electron chi connectivity index (χ0n) is 23.2. The molecule has 0 aromatic heterocycles. The van der Waals surface area contributed by atoms with Crippen LogP contribution in [0.4, 0.5) is 0 Å². The van der Waals surface area contributed by atoms with Gasteiger partial charge in [0, 0.05) is 0 Å². The van der Waals surface area contributed by atoms with Crippen molar-refractivity contribution < 1.29 is 19.0 Å². The first-order chi connectivity index (χ1) is 17.3. The predicted octanol–water partition coefficient (Wildman–Crippen LogP) is 9.72.